The minimum atomic E-state index is 0.271. The largest absolute Gasteiger partial charge is 0.454 e. The Labute approximate surface area is 103 Å². The minimum Gasteiger partial charge on any atom is -0.454 e. The van der Waals surface area contributed by atoms with Gasteiger partial charge in [-0.25, -0.2) is 0 Å². The molecule has 2 aromatic rings. The van der Waals surface area contributed by atoms with Crippen molar-refractivity contribution in [2.75, 3.05) is 12.5 Å². The summed E-state index contributed by atoms with van der Waals surface area (Å²) in [5.41, 5.74) is 7.78. The van der Waals surface area contributed by atoms with E-state index in [9.17, 15) is 0 Å². The van der Waals surface area contributed by atoms with Gasteiger partial charge in [-0.15, -0.1) is 0 Å². The van der Waals surface area contributed by atoms with Crippen LogP contribution in [-0.2, 0) is 0 Å². The van der Waals surface area contributed by atoms with Crippen molar-refractivity contribution >= 4 is 5.82 Å². The van der Waals surface area contributed by atoms with Crippen LogP contribution in [0.4, 0.5) is 5.82 Å². The zero-order valence-corrected chi connectivity index (χ0v) is 9.68. The van der Waals surface area contributed by atoms with E-state index >= 15 is 0 Å². The molecule has 1 aromatic heterocycles. The lowest BCUT2D eigenvalue weighted by atomic mass is 10.0. The lowest BCUT2D eigenvalue weighted by Crippen LogP contribution is -1.93. The maximum Gasteiger partial charge on any atom is 0.231 e. The fourth-order valence-electron chi connectivity index (χ4n) is 2.28. The molecule has 0 spiro atoms. The average molecular weight is 244 g/mol. The molecule has 1 fully saturated rings. The molecular formula is C13H12N2O3. The Morgan fingerprint density at radius 2 is 2.00 bits per heavy atom. The van der Waals surface area contributed by atoms with Crippen molar-refractivity contribution in [3.63, 3.8) is 0 Å². The van der Waals surface area contributed by atoms with Crippen molar-refractivity contribution in [3.05, 3.63) is 24.0 Å². The SMILES string of the molecule is Nc1noc(C2CC2)c1-c1ccc2c(c1)OCO2. The molecule has 4 rings (SSSR count). The van der Waals surface area contributed by atoms with Crippen molar-refractivity contribution in [2.45, 2.75) is 18.8 Å². The molecule has 2 heterocycles. The average Bonchev–Trinajstić information content (AvgIpc) is 2.99. The van der Waals surface area contributed by atoms with Gasteiger partial charge < -0.3 is 19.7 Å². The van der Waals surface area contributed by atoms with Gasteiger partial charge >= 0.3 is 0 Å². The fraction of sp³-hybridized carbons (Fsp3) is 0.308. The lowest BCUT2D eigenvalue weighted by Gasteiger charge is -2.03. The van der Waals surface area contributed by atoms with Crippen molar-refractivity contribution < 1.29 is 14.0 Å². The number of hydrogen-bond donors (Lipinski definition) is 1. The number of ether oxygens (including phenoxy) is 2. The number of fused-ring (bicyclic) bond motifs is 1. The van der Waals surface area contributed by atoms with Crippen molar-refractivity contribution in [3.8, 4) is 22.6 Å². The minimum absolute atomic E-state index is 0.271. The smallest absolute Gasteiger partial charge is 0.231 e. The topological polar surface area (TPSA) is 70.5 Å². The third kappa shape index (κ3) is 1.37. The molecule has 0 amide bonds. The van der Waals surface area contributed by atoms with Gasteiger partial charge in [-0.3, -0.25) is 0 Å². The normalized spacial score (nSPS) is 17.1. The first-order valence-corrected chi connectivity index (χ1v) is 5.98. The standard InChI is InChI=1S/C13H12N2O3/c14-13-11(12(18-15-13)7-1-2-7)8-3-4-9-10(5-8)17-6-16-9/h3-5,7H,1-2,6H2,(H2,14,15). The van der Waals surface area contributed by atoms with Gasteiger partial charge in [-0.05, 0) is 30.5 Å². The second-order valence-electron chi connectivity index (χ2n) is 4.65. The van der Waals surface area contributed by atoms with Gasteiger partial charge in [-0.2, -0.15) is 0 Å². The molecule has 1 aliphatic carbocycles. The summed E-state index contributed by atoms with van der Waals surface area (Å²) in [6.45, 7) is 0.271. The van der Waals surface area contributed by atoms with Gasteiger partial charge in [0.15, 0.2) is 17.3 Å². The molecule has 18 heavy (non-hydrogen) atoms. The third-order valence-electron chi connectivity index (χ3n) is 3.35. The third-order valence-corrected chi connectivity index (χ3v) is 3.35. The number of hydrogen-bond acceptors (Lipinski definition) is 5. The molecule has 1 aliphatic heterocycles. The molecule has 92 valence electrons. The molecule has 2 N–H and O–H groups in total. The summed E-state index contributed by atoms with van der Waals surface area (Å²) in [6, 6.07) is 5.78. The summed E-state index contributed by atoms with van der Waals surface area (Å²) in [7, 11) is 0. The molecule has 0 bridgehead atoms. The molecule has 0 saturated heterocycles. The van der Waals surface area contributed by atoms with E-state index in [4.69, 9.17) is 19.7 Å². The Bertz CT molecular complexity index is 617. The Balaban J connectivity index is 1.85. The number of nitrogens with zero attached hydrogens (tertiary/aromatic N) is 1. The first-order chi connectivity index (χ1) is 8.83. The summed E-state index contributed by atoms with van der Waals surface area (Å²) < 4.78 is 16.0. The van der Waals surface area contributed by atoms with Gasteiger partial charge in [-0.1, -0.05) is 11.2 Å². The number of nitrogens with two attached hydrogens (primary N) is 1. The number of benzene rings is 1. The van der Waals surface area contributed by atoms with Gasteiger partial charge in [0.2, 0.25) is 6.79 Å². The summed E-state index contributed by atoms with van der Waals surface area (Å²) in [6.07, 6.45) is 2.29. The molecule has 5 heteroatoms. The number of nitrogen functional groups attached to an aromatic ring is 1. The van der Waals surface area contributed by atoms with E-state index in [0.29, 0.717) is 11.7 Å². The van der Waals surface area contributed by atoms with E-state index in [0.717, 1.165) is 41.2 Å². The van der Waals surface area contributed by atoms with E-state index in [2.05, 4.69) is 5.16 Å². The maximum atomic E-state index is 5.91. The molecular weight excluding hydrogens is 232 g/mol. The van der Waals surface area contributed by atoms with Gasteiger partial charge in [0.05, 0.1) is 5.56 Å². The zero-order chi connectivity index (χ0) is 12.1. The highest BCUT2D eigenvalue weighted by atomic mass is 16.7. The fourth-order valence-corrected chi connectivity index (χ4v) is 2.28. The van der Waals surface area contributed by atoms with Crippen LogP contribution in [0.15, 0.2) is 22.7 Å². The van der Waals surface area contributed by atoms with E-state index in [1.54, 1.807) is 0 Å². The Hall–Kier alpha value is -2.17. The van der Waals surface area contributed by atoms with Gasteiger partial charge in [0.1, 0.15) is 5.76 Å². The van der Waals surface area contributed by atoms with E-state index < -0.39 is 0 Å². The molecule has 0 atom stereocenters. The van der Waals surface area contributed by atoms with Crippen LogP contribution in [0.1, 0.15) is 24.5 Å². The van der Waals surface area contributed by atoms with Crippen molar-refractivity contribution in [2.24, 2.45) is 0 Å². The molecule has 1 aromatic carbocycles. The van der Waals surface area contributed by atoms with Crippen LogP contribution in [0.25, 0.3) is 11.1 Å². The lowest BCUT2D eigenvalue weighted by molar-refractivity contribution is 0.174. The first kappa shape index (κ1) is 9.82. The quantitative estimate of drug-likeness (QED) is 0.878. The van der Waals surface area contributed by atoms with Crippen LogP contribution in [0.2, 0.25) is 0 Å². The Kier molecular flexibility index (Phi) is 1.86. The van der Waals surface area contributed by atoms with Crippen LogP contribution >= 0.6 is 0 Å². The van der Waals surface area contributed by atoms with Crippen LogP contribution in [-0.4, -0.2) is 11.9 Å². The predicted octanol–water partition coefficient (Wildman–Crippen LogP) is 2.53. The number of rotatable bonds is 2. The van der Waals surface area contributed by atoms with Crippen LogP contribution in [0.3, 0.4) is 0 Å². The monoisotopic (exact) mass is 244 g/mol. The second-order valence-corrected chi connectivity index (χ2v) is 4.65. The highest BCUT2D eigenvalue weighted by Gasteiger charge is 2.32. The maximum absolute atomic E-state index is 5.91. The first-order valence-electron chi connectivity index (χ1n) is 5.98. The zero-order valence-electron chi connectivity index (χ0n) is 9.68. The highest BCUT2D eigenvalue weighted by Crippen LogP contribution is 2.47. The Morgan fingerprint density at radius 1 is 1.17 bits per heavy atom. The van der Waals surface area contributed by atoms with Gasteiger partial charge in [0.25, 0.3) is 0 Å². The number of anilines is 1. The summed E-state index contributed by atoms with van der Waals surface area (Å²) in [5, 5.41) is 3.88. The summed E-state index contributed by atoms with van der Waals surface area (Å²) in [5.74, 6) is 3.31. The predicted molar refractivity (Wildman–Crippen MR) is 64.4 cm³/mol. The van der Waals surface area contributed by atoms with E-state index in [1.807, 2.05) is 18.2 Å². The van der Waals surface area contributed by atoms with E-state index in [1.165, 1.54) is 0 Å². The highest BCUT2D eigenvalue weighted by molar-refractivity contribution is 5.78. The van der Waals surface area contributed by atoms with Crippen molar-refractivity contribution in [1.29, 1.82) is 0 Å². The van der Waals surface area contributed by atoms with Gasteiger partial charge in [0, 0.05) is 5.92 Å². The van der Waals surface area contributed by atoms with Crippen LogP contribution < -0.4 is 15.2 Å². The Morgan fingerprint density at radius 3 is 2.83 bits per heavy atom. The summed E-state index contributed by atoms with van der Waals surface area (Å²) in [4.78, 5) is 0. The van der Waals surface area contributed by atoms with Crippen molar-refractivity contribution in [1.82, 2.24) is 5.16 Å². The summed E-state index contributed by atoms with van der Waals surface area (Å²) >= 11 is 0. The molecule has 5 nitrogen and oxygen atoms in total. The van der Waals surface area contributed by atoms with Crippen LogP contribution in [0.5, 0.6) is 11.5 Å². The number of aromatic nitrogens is 1. The van der Waals surface area contributed by atoms with Crippen LogP contribution in [0, 0.1) is 0 Å². The molecule has 2 aliphatic rings. The second kappa shape index (κ2) is 3.41. The van der Waals surface area contributed by atoms with E-state index in [-0.39, 0.29) is 6.79 Å². The molecule has 1 saturated carbocycles. The molecule has 0 radical (unpaired) electrons. The molecule has 0 unspecified atom stereocenters.